The number of amides is 1. The van der Waals surface area contributed by atoms with Gasteiger partial charge in [-0.1, -0.05) is 36.4 Å². The summed E-state index contributed by atoms with van der Waals surface area (Å²) >= 11 is 6.50. The van der Waals surface area contributed by atoms with E-state index in [9.17, 15) is 4.79 Å². The lowest BCUT2D eigenvalue weighted by molar-refractivity contribution is -0.111. The van der Waals surface area contributed by atoms with Gasteiger partial charge in [-0.2, -0.15) is 4.98 Å². The number of ether oxygens (including phenoxy) is 1. The number of rotatable bonds is 7. The molecule has 4 aromatic rings. The Labute approximate surface area is 220 Å². The molecule has 10 heteroatoms. The molecule has 1 amide bonds. The number of halogens is 1. The number of para-hydroxylation sites is 1. The van der Waals surface area contributed by atoms with Gasteiger partial charge in [0.25, 0.3) is 0 Å². The molecule has 1 aliphatic rings. The summed E-state index contributed by atoms with van der Waals surface area (Å²) in [4.78, 5) is 25.9. The fraction of sp³-hybridized carbons (Fsp3) is 0.222. The summed E-state index contributed by atoms with van der Waals surface area (Å²) in [5.74, 6) is 1.19. The van der Waals surface area contributed by atoms with Gasteiger partial charge in [-0.15, -0.1) is 0 Å². The van der Waals surface area contributed by atoms with Gasteiger partial charge in [0, 0.05) is 38.4 Å². The molecule has 1 aliphatic heterocycles. The molecule has 0 spiro atoms. The minimum Gasteiger partial charge on any atom is -0.494 e. The summed E-state index contributed by atoms with van der Waals surface area (Å²) in [6.45, 7) is 7.10. The van der Waals surface area contributed by atoms with Gasteiger partial charge in [0.15, 0.2) is 5.82 Å². The van der Waals surface area contributed by atoms with Gasteiger partial charge in [0.2, 0.25) is 11.9 Å². The Balaban J connectivity index is 1.52. The first kappa shape index (κ1) is 24.6. The van der Waals surface area contributed by atoms with Crippen molar-refractivity contribution in [3.8, 4) is 11.6 Å². The third-order valence-corrected chi connectivity index (χ3v) is 6.67. The van der Waals surface area contributed by atoms with Crippen LogP contribution in [0.4, 0.5) is 23.0 Å². The number of aromatic nitrogens is 3. The SMILES string of the molecule is C=CC(=O)Nc1cc(Nc2ncc(Cl)c(-n3ccc4ccccc43)n2)c(OC)cc1N1CCN(C)CC1. The molecule has 9 nitrogen and oxygen atoms in total. The fourth-order valence-corrected chi connectivity index (χ4v) is 4.59. The van der Waals surface area contributed by atoms with E-state index in [1.807, 2.05) is 53.2 Å². The number of fused-ring (bicyclic) bond motifs is 1. The third-order valence-electron chi connectivity index (χ3n) is 6.40. The van der Waals surface area contributed by atoms with Crippen molar-refractivity contribution < 1.29 is 9.53 Å². The summed E-state index contributed by atoms with van der Waals surface area (Å²) in [7, 11) is 3.71. The largest absolute Gasteiger partial charge is 0.494 e. The van der Waals surface area contributed by atoms with Crippen LogP contribution in [0, 0.1) is 0 Å². The molecule has 2 aromatic carbocycles. The monoisotopic (exact) mass is 517 g/mol. The van der Waals surface area contributed by atoms with Gasteiger partial charge in [-0.3, -0.25) is 9.36 Å². The van der Waals surface area contributed by atoms with E-state index in [2.05, 4.69) is 39.0 Å². The second-order valence-electron chi connectivity index (χ2n) is 8.79. The summed E-state index contributed by atoms with van der Waals surface area (Å²) in [6, 6.07) is 13.8. The van der Waals surface area contributed by atoms with E-state index in [1.54, 1.807) is 13.3 Å². The van der Waals surface area contributed by atoms with Crippen LogP contribution in [-0.2, 0) is 4.79 Å². The first-order valence-corrected chi connectivity index (χ1v) is 12.3. The van der Waals surface area contributed by atoms with Gasteiger partial charge in [-0.25, -0.2) is 4.98 Å². The maximum absolute atomic E-state index is 12.3. The Kier molecular flexibility index (Phi) is 6.98. The van der Waals surface area contributed by atoms with Crippen molar-refractivity contribution in [1.82, 2.24) is 19.4 Å². The highest BCUT2D eigenvalue weighted by molar-refractivity contribution is 6.32. The van der Waals surface area contributed by atoms with Crippen molar-refractivity contribution >= 4 is 51.4 Å². The molecule has 2 N–H and O–H groups in total. The first-order chi connectivity index (χ1) is 18.0. The average Bonchev–Trinajstić information content (AvgIpc) is 3.34. The lowest BCUT2D eigenvalue weighted by Crippen LogP contribution is -2.44. The topological polar surface area (TPSA) is 87.5 Å². The number of hydrogen-bond donors (Lipinski definition) is 2. The van der Waals surface area contributed by atoms with Gasteiger partial charge >= 0.3 is 0 Å². The quantitative estimate of drug-likeness (QED) is 0.343. The number of carbonyl (C=O) groups is 1. The van der Waals surface area contributed by atoms with E-state index >= 15 is 0 Å². The van der Waals surface area contributed by atoms with Crippen molar-refractivity contribution in [2.24, 2.45) is 0 Å². The van der Waals surface area contributed by atoms with Crippen LogP contribution in [0.5, 0.6) is 5.75 Å². The number of carbonyl (C=O) groups excluding carboxylic acids is 1. The van der Waals surface area contributed by atoms with Crippen LogP contribution >= 0.6 is 11.6 Å². The Morgan fingerprint density at radius 1 is 1.14 bits per heavy atom. The van der Waals surface area contributed by atoms with E-state index in [-0.39, 0.29) is 5.91 Å². The zero-order valence-electron chi connectivity index (χ0n) is 20.7. The molecule has 0 saturated carbocycles. The second-order valence-corrected chi connectivity index (χ2v) is 9.20. The predicted octanol–water partition coefficient (Wildman–Crippen LogP) is 4.70. The summed E-state index contributed by atoms with van der Waals surface area (Å²) in [6.07, 6.45) is 4.74. The van der Waals surface area contributed by atoms with Gasteiger partial charge < -0.3 is 25.2 Å². The van der Waals surface area contributed by atoms with Gasteiger partial charge in [0.05, 0.1) is 35.9 Å². The van der Waals surface area contributed by atoms with Crippen molar-refractivity contribution in [3.05, 3.63) is 72.5 Å². The lowest BCUT2D eigenvalue weighted by Gasteiger charge is -2.35. The van der Waals surface area contributed by atoms with E-state index in [0.29, 0.717) is 33.9 Å². The van der Waals surface area contributed by atoms with E-state index in [4.69, 9.17) is 21.3 Å². The number of piperazine rings is 1. The van der Waals surface area contributed by atoms with Crippen molar-refractivity contribution in [2.45, 2.75) is 0 Å². The highest BCUT2D eigenvalue weighted by atomic mass is 35.5. The fourth-order valence-electron chi connectivity index (χ4n) is 4.40. The third kappa shape index (κ3) is 5.09. The second kappa shape index (κ2) is 10.5. The van der Waals surface area contributed by atoms with Crippen LogP contribution < -0.4 is 20.3 Å². The molecule has 3 heterocycles. The molecule has 0 bridgehead atoms. The molecular formula is C27H28ClN7O2. The molecule has 0 atom stereocenters. The number of likely N-dealkylation sites (N-methyl/N-ethyl adjacent to an activating group) is 1. The molecule has 1 fully saturated rings. The molecule has 1 saturated heterocycles. The van der Waals surface area contributed by atoms with Crippen molar-refractivity contribution in [3.63, 3.8) is 0 Å². The van der Waals surface area contributed by atoms with Crippen LogP contribution in [-0.4, -0.2) is 65.7 Å². The smallest absolute Gasteiger partial charge is 0.247 e. The Hall–Kier alpha value is -4.08. The molecule has 37 heavy (non-hydrogen) atoms. The zero-order chi connectivity index (χ0) is 25.9. The highest BCUT2D eigenvalue weighted by Gasteiger charge is 2.21. The average molecular weight is 518 g/mol. The maximum atomic E-state index is 12.3. The van der Waals surface area contributed by atoms with Crippen molar-refractivity contribution in [2.75, 3.05) is 55.9 Å². The Morgan fingerprint density at radius 2 is 1.92 bits per heavy atom. The standard InChI is InChI=1S/C27H28ClN7O2/c1-4-25(36)30-20-15-21(24(37-3)16-23(20)34-13-11-33(2)12-14-34)31-27-29-17-19(28)26(32-27)35-10-9-18-7-5-6-8-22(18)35/h4-10,15-17H,1,11-14H2,2-3H3,(H,30,36)(H,29,31,32). The number of hydrogen-bond acceptors (Lipinski definition) is 7. The summed E-state index contributed by atoms with van der Waals surface area (Å²) in [5, 5.41) is 7.68. The minimum absolute atomic E-state index is 0.295. The molecule has 5 rings (SSSR count). The molecule has 0 radical (unpaired) electrons. The number of nitrogens with zero attached hydrogens (tertiary/aromatic N) is 5. The Bertz CT molecular complexity index is 1460. The van der Waals surface area contributed by atoms with Crippen LogP contribution in [0.1, 0.15) is 0 Å². The Morgan fingerprint density at radius 3 is 2.68 bits per heavy atom. The van der Waals surface area contributed by atoms with Crippen LogP contribution in [0.2, 0.25) is 5.02 Å². The number of benzene rings is 2. The van der Waals surface area contributed by atoms with Crippen LogP contribution in [0.25, 0.3) is 16.7 Å². The highest BCUT2D eigenvalue weighted by Crippen LogP contribution is 2.39. The predicted molar refractivity (Wildman–Crippen MR) is 149 cm³/mol. The lowest BCUT2D eigenvalue weighted by atomic mass is 10.1. The molecular weight excluding hydrogens is 490 g/mol. The molecule has 190 valence electrons. The number of anilines is 4. The van der Waals surface area contributed by atoms with Gasteiger partial charge in [-0.05, 0) is 36.7 Å². The molecule has 0 aliphatic carbocycles. The molecule has 0 unspecified atom stereocenters. The minimum atomic E-state index is -0.295. The zero-order valence-corrected chi connectivity index (χ0v) is 21.5. The summed E-state index contributed by atoms with van der Waals surface area (Å²) in [5.41, 5.74) is 3.11. The van der Waals surface area contributed by atoms with Crippen LogP contribution in [0.15, 0.2) is 67.5 Å². The number of nitrogens with one attached hydrogen (secondary N) is 2. The normalized spacial score (nSPS) is 14.0. The van der Waals surface area contributed by atoms with E-state index < -0.39 is 0 Å². The van der Waals surface area contributed by atoms with Crippen LogP contribution in [0.3, 0.4) is 0 Å². The van der Waals surface area contributed by atoms with E-state index in [0.717, 1.165) is 42.8 Å². The molecule has 2 aromatic heterocycles. The van der Waals surface area contributed by atoms with Gasteiger partial charge in [0.1, 0.15) is 10.8 Å². The van der Waals surface area contributed by atoms with Crippen molar-refractivity contribution in [1.29, 1.82) is 0 Å². The van der Waals surface area contributed by atoms with E-state index in [1.165, 1.54) is 6.08 Å². The number of methoxy groups -OCH3 is 1. The summed E-state index contributed by atoms with van der Waals surface area (Å²) < 4.78 is 7.65. The first-order valence-electron chi connectivity index (χ1n) is 11.9. The maximum Gasteiger partial charge on any atom is 0.247 e.